The van der Waals surface area contributed by atoms with Gasteiger partial charge in [-0.2, -0.15) is 0 Å². The van der Waals surface area contributed by atoms with Gasteiger partial charge in [0.2, 0.25) is 0 Å². The van der Waals surface area contributed by atoms with E-state index in [1.807, 2.05) is 29.3 Å². The van der Waals surface area contributed by atoms with Crippen LogP contribution in [0.1, 0.15) is 25.1 Å². The Balaban J connectivity index is 1.58. The fraction of sp³-hybridized carbons (Fsp3) is 0.500. The lowest BCUT2D eigenvalue weighted by molar-refractivity contribution is -0.0583. The van der Waals surface area contributed by atoms with Gasteiger partial charge in [0.25, 0.3) is 0 Å². The maximum absolute atomic E-state index is 11.1. The average molecular weight is 342 g/mol. The summed E-state index contributed by atoms with van der Waals surface area (Å²) in [6.07, 6.45) is 7.58. The molecule has 9 heteroatoms. The van der Waals surface area contributed by atoms with Crippen molar-refractivity contribution in [1.82, 2.24) is 34.0 Å². The van der Waals surface area contributed by atoms with Gasteiger partial charge in [0.1, 0.15) is 11.8 Å². The Kier molecular flexibility index (Phi) is 3.69. The number of β-amino-alcohol motifs (C(OH)–C–C–N with tert-alkyl or cyclic N) is 1. The number of aliphatic hydroxyl groups is 1. The molecule has 1 aliphatic rings. The number of piperidine rings is 1. The van der Waals surface area contributed by atoms with E-state index in [2.05, 4.69) is 24.8 Å². The Hall–Kier alpha value is -2.52. The summed E-state index contributed by atoms with van der Waals surface area (Å²) in [5.41, 5.74) is 7.33. The normalized spacial score (nSPS) is 24.8. The summed E-state index contributed by atoms with van der Waals surface area (Å²) in [4.78, 5) is 19.0. The molecule has 0 bridgehead atoms. The lowest BCUT2D eigenvalue weighted by Crippen LogP contribution is -2.52. The summed E-state index contributed by atoms with van der Waals surface area (Å²) >= 11 is 0. The number of imidazole rings is 2. The number of aryl methyl sites for hydroxylation is 1. The first-order valence-electron chi connectivity index (χ1n) is 8.28. The van der Waals surface area contributed by atoms with Gasteiger partial charge in [-0.3, -0.25) is 4.90 Å². The molecule has 3 aromatic rings. The molecule has 2 atom stereocenters. The highest BCUT2D eigenvalue weighted by Gasteiger charge is 2.40. The van der Waals surface area contributed by atoms with E-state index in [1.54, 1.807) is 12.7 Å². The van der Waals surface area contributed by atoms with E-state index in [0.29, 0.717) is 23.5 Å². The van der Waals surface area contributed by atoms with Gasteiger partial charge in [-0.05, 0) is 13.3 Å². The molecule has 3 aromatic heterocycles. The molecular formula is C16H22N8O. The minimum atomic E-state index is -0.913. The lowest BCUT2D eigenvalue weighted by Gasteiger charge is -2.43. The van der Waals surface area contributed by atoms with Gasteiger partial charge >= 0.3 is 0 Å². The summed E-state index contributed by atoms with van der Waals surface area (Å²) in [6.45, 7) is 4.05. The minimum Gasteiger partial charge on any atom is -0.387 e. The van der Waals surface area contributed by atoms with Crippen LogP contribution < -0.4 is 5.73 Å². The van der Waals surface area contributed by atoms with Crippen LogP contribution in [0.5, 0.6) is 0 Å². The molecule has 0 aromatic carbocycles. The van der Waals surface area contributed by atoms with Crippen LogP contribution in [0.25, 0.3) is 11.2 Å². The van der Waals surface area contributed by atoms with Crippen LogP contribution in [-0.2, 0) is 13.6 Å². The van der Waals surface area contributed by atoms with Crippen molar-refractivity contribution >= 4 is 17.0 Å². The zero-order valence-electron chi connectivity index (χ0n) is 14.4. The van der Waals surface area contributed by atoms with Crippen LogP contribution in [0.3, 0.4) is 0 Å². The molecule has 1 fully saturated rings. The number of hydrogen-bond acceptors (Lipinski definition) is 7. The quantitative estimate of drug-likeness (QED) is 0.706. The number of hydrogen-bond donors (Lipinski definition) is 2. The van der Waals surface area contributed by atoms with Gasteiger partial charge in [0, 0.05) is 32.9 Å². The van der Waals surface area contributed by atoms with Gasteiger partial charge in [0.15, 0.2) is 11.5 Å². The first-order valence-corrected chi connectivity index (χ1v) is 8.28. The molecule has 0 aliphatic carbocycles. The van der Waals surface area contributed by atoms with Crippen molar-refractivity contribution in [3.63, 3.8) is 0 Å². The number of rotatable bonds is 3. The van der Waals surface area contributed by atoms with Crippen LogP contribution in [0.2, 0.25) is 0 Å². The molecule has 25 heavy (non-hydrogen) atoms. The molecule has 0 radical (unpaired) electrons. The Bertz CT molecular complexity index is 899. The number of nitrogens with zero attached hydrogens (tertiary/aromatic N) is 7. The molecule has 0 amide bonds. The van der Waals surface area contributed by atoms with E-state index < -0.39 is 5.60 Å². The summed E-state index contributed by atoms with van der Waals surface area (Å²) in [6, 6.07) is -0.116. The predicted molar refractivity (Wildman–Crippen MR) is 92.5 cm³/mol. The van der Waals surface area contributed by atoms with Crippen molar-refractivity contribution in [3.05, 3.63) is 30.9 Å². The van der Waals surface area contributed by atoms with E-state index in [4.69, 9.17) is 5.73 Å². The molecule has 1 saturated heterocycles. The van der Waals surface area contributed by atoms with E-state index in [-0.39, 0.29) is 6.04 Å². The maximum Gasteiger partial charge on any atom is 0.165 e. The van der Waals surface area contributed by atoms with Crippen molar-refractivity contribution < 1.29 is 5.11 Å². The maximum atomic E-state index is 11.1. The van der Waals surface area contributed by atoms with Crippen LogP contribution in [0, 0.1) is 0 Å². The fourth-order valence-corrected chi connectivity index (χ4v) is 3.69. The van der Waals surface area contributed by atoms with Gasteiger partial charge < -0.3 is 20.0 Å². The zero-order chi connectivity index (χ0) is 17.6. The molecule has 1 aliphatic heterocycles. The number of nitrogen functional groups attached to an aromatic ring is 1. The fourth-order valence-electron chi connectivity index (χ4n) is 3.69. The molecule has 0 saturated carbocycles. The van der Waals surface area contributed by atoms with Gasteiger partial charge in [-0.15, -0.1) is 0 Å². The third-order valence-electron chi connectivity index (χ3n) is 5.01. The van der Waals surface area contributed by atoms with Crippen molar-refractivity contribution in [2.75, 3.05) is 18.8 Å². The topological polar surface area (TPSA) is 111 Å². The third kappa shape index (κ3) is 2.75. The van der Waals surface area contributed by atoms with Gasteiger partial charge in [-0.1, -0.05) is 0 Å². The Morgan fingerprint density at radius 2 is 2.16 bits per heavy atom. The summed E-state index contributed by atoms with van der Waals surface area (Å²) in [5.74, 6) is 0.358. The largest absolute Gasteiger partial charge is 0.387 e. The van der Waals surface area contributed by atoms with E-state index in [9.17, 15) is 5.11 Å². The predicted octanol–water partition coefficient (Wildman–Crippen LogP) is 0.340. The highest BCUT2D eigenvalue weighted by atomic mass is 16.3. The smallest absolute Gasteiger partial charge is 0.165 e. The molecule has 4 heterocycles. The SMILES string of the molecule is Cn1cncc1CN1CC[C@@H](n2cnc3c(N)ncnc32)[C@](C)(O)C1. The first-order chi connectivity index (χ1) is 12.0. The zero-order valence-corrected chi connectivity index (χ0v) is 14.4. The van der Waals surface area contributed by atoms with Crippen molar-refractivity contribution in [3.8, 4) is 0 Å². The lowest BCUT2D eigenvalue weighted by atomic mass is 9.88. The van der Waals surface area contributed by atoms with Crippen LogP contribution in [0.15, 0.2) is 25.2 Å². The Morgan fingerprint density at radius 1 is 1.32 bits per heavy atom. The van der Waals surface area contributed by atoms with Crippen molar-refractivity contribution in [2.45, 2.75) is 31.5 Å². The molecule has 0 spiro atoms. The Labute approximate surface area is 145 Å². The summed E-state index contributed by atoms with van der Waals surface area (Å²) in [5, 5.41) is 11.1. The summed E-state index contributed by atoms with van der Waals surface area (Å²) < 4.78 is 3.93. The van der Waals surface area contributed by atoms with Crippen LogP contribution in [0.4, 0.5) is 5.82 Å². The van der Waals surface area contributed by atoms with Crippen LogP contribution in [-0.4, -0.2) is 57.8 Å². The number of likely N-dealkylation sites (tertiary alicyclic amines) is 1. The number of fused-ring (bicyclic) bond motifs is 1. The molecular weight excluding hydrogens is 320 g/mol. The minimum absolute atomic E-state index is 0.116. The van der Waals surface area contributed by atoms with E-state index in [0.717, 1.165) is 25.2 Å². The second-order valence-corrected chi connectivity index (χ2v) is 6.95. The Morgan fingerprint density at radius 3 is 2.88 bits per heavy atom. The standard InChI is InChI=1S/C16H22N8O/c1-16(25)7-23(6-11-5-18-9-22(11)2)4-3-12(16)24-10-21-13-14(17)19-8-20-15(13)24/h5,8-10,12,25H,3-4,6-7H2,1-2H3,(H2,17,19,20)/t12-,16-/m1/s1. The molecule has 3 N–H and O–H groups in total. The van der Waals surface area contributed by atoms with E-state index in [1.165, 1.54) is 6.33 Å². The highest BCUT2D eigenvalue weighted by Crippen LogP contribution is 2.34. The second-order valence-electron chi connectivity index (χ2n) is 6.95. The monoisotopic (exact) mass is 342 g/mol. The van der Waals surface area contributed by atoms with E-state index >= 15 is 0 Å². The number of nitrogens with two attached hydrogens (primary N) is 1. The average Bonchev–Trinajstić information content (AvgIpc) is 3.15. The molecule has 4 rings (SSSR count). The van der Waals surface area contributed by atoms with Crippen molar-refractivity contribution in [1.29, 1.82) is 0 Å². The molecule has 132 valence electrons. The van der Waals surface area contributed by atoms with Gasteiger partial charge in [0.05, 0.1) is 30.0 Å². The summed E-state index contributed by atoms with van der Waals surface area (Å²) in [7, 11) is 1.98. The second kappa shape index (κ2) is 5.78. The molecule has 0 unspecified atom stereocenters. The third-order valence-corrected chi connectivity index (χ3v) is 5.01. The highest BCUT2D eigenvalue weighted by molar-refractivity contribution is 5.81. The van der Waals surface area contributed by atoms with Gasteiger partial charge in [-0.25, -0.2) is 19.9 Å². The molecule has 9 nitrogen and oxygen atoms in total. The first kappa shape index (κ1) is 16.0. The van der Waals surface area contributed by atoms with Crippen LogP contribution >= 0.6 is 0 Å². The number of anilines is 1. The number of aromatic nitrogens is 6. The van der Waals surface area contributed by atoms with Crippen molar-refractivity contribution in [2.24, 2.45) is 7.05 Å².